The summed E-state index contributed by atoms with van der Waals surface area (Å²) in [6, 6.07) is 0. The first-order valence-corrected chi connectivity index (χ1v) is 15.4. The lowest BCUT2D eigenvalue weighted by Gasteiger charge is -2.52. The van der Waals surface area contributed by atoms with Crippen molar-refractivity contribution < 1.29 is 14.3 Å². The summed E-state index contributed by atoms with van der Waals surface area (Å²) in [5, 5.41) is 0. The number of Topliss-reactive ketones (excluding diaryl/α,β-unsaturated/α-hetero) is 1. The lowest BCUT2D eigenvalue weighted by Crippen LogP contribution is -2.50. The highest BCUT2D eigenvalue weighted by Gasteiger charge is 2.58. The number of ketones is 1. The minimum atomic E-state index is -0.108. The second kappa shape index (κ2) is 12.6. The average molecular weight is 494 g/mol. The standard InChI is InChI=1S/C29H51NO3S/c1-6-8-15-30(16-9-7-2)17-18-34-21-26(32)33-25-20-28(4,5)22(3)19-29-13-10-11-23(25)27(29)24(31)12-14-29/h22-23,25,27H,6-21H2,1-5H3/t22-,23?,25+,27?,29?/m0/s1. The van der Waals surface area contributed by atoms with E-state index in [2.05, 4.69) is 39.5 Å². The SMILES string of the molecule is CCCCN(CCCC)CCSCC(=O)O[C@@H]1CC(C)(C)[C@@H](C)CC23CCCC1C2C(=O)CC3. The number of thioether (sulfide) groups is 1. The van der Waals surface area contributed by atoms with Gasteiger partial charge in [-0.3, -0.25) is 9.59 Å². The summed E-state index contributed by atoms with van der Waals surface area (Å²) in [5.74, 6) is 2.66. The highest BCUT2D eigenvalue weighted by molar-refractivity contribution is 7.99. The van der Waals surface area contributed by atoms with Crippen molar-refractivity contribution in [3.05, 3.63) is 0 Å². The Kier molecular flexibility index (Phi) is 10.4. The van der Waals surface area contributed by atoms with Gasteiger partial charge in [-0.2, -0.15) is 0 Å². The molecular formula is C29H51NO3S. The Morgan fingerprint density at radius 3 is 2.47 bits per heavy atom. The molecule has 5 heteroatoms. The lowest BCUT2D eigenvalue weighted by molar-refractivity contribution is -0.162. The number of hydrogen-bond donors (Lipinski definition) is 0. The number of rotatable bonds is 12. The number of nitrogens with zero attached hydrogens (tertiary/aromatic N) is 1. The molecule has 0 heterocycles. The van der Waals surface area contributed by atoms with Crippen molar-refractivity contribution in [2.75, 3.05) is 31.1 Å². The van der Waals surface area contributed by atoms with E-state index in [0.717, 1.165) is 57.5 Å². The molecule has 3 fully saturated rings. The van der Waals surface area contributed by atoms with Gasteiger partial charge in [0.1, 0.15) is 11.9 Å². The van der Waals surface area contributed by atoms with Crippen LogP contribution in [-0.4, -0.2) is 53.9 Å². The van der Waals surface area contributed by atoms with Crippen molar-refractivity contribution >= 4 is 23.5 Å². The molecule has 0 aliphatic heterocycles. The minimum Gasteiger partial charge on any atom is -0.461 e. The van der Waals surface area contributed by atoms with Crippen molar-refractivity contribution in [1.29, 1.82) is 0 Å². The monoisotopic (exact) mass is 493 g/mol. The highest BCUT2D eigenvalue weighted by atomic mass is 32.2. The maximum Gasteiger partial charge on any atom is 0.316 e. The molecule has 3 rings (SSSR count). The second-order valence-electron chi connectivity index (χ2n) is 12.3. The predicted octanol–water partition coefficient (Wildman–Crippen LogP) is 6.76. The van der Waals surface area contributed by atoms with Crippen molar-refractivity contribution in [1.82, 2.24) is 4.90 Å². The van der Waals surface area contributed by atoms with Gasteiger partial charge in [-0.1, -0.05) is 53.9 Å². The number of unbranched alkanes of at least 4 members (excludes halogenated alkanes) is 2. The molecule has 0 aromatic carbocycles. The first kappa shape index (κ1) is 28.0. The summed E-state index contributed by atoms with van der Waals surface area (Å²) in [7, 11) is 0. The third kappa shape index (κ3) is 6.81. The zero-order valence-electron chi connectivity index (χ0n) is 22.7. The predicted molar refractivity (Wildman–Crippen MR) is 143 cm³/mol. The summed E-state index contributed by atoms with van der Waals surface area (Å²) in [6.45, 7) is 14.9. The van der Waals surface area contributed by atoms with Gasteiger partial charge in [0, 0.05) is 30.6 Å². The Labute approximate surface area is 213 Å². The molecule has 3 aliphatic rings. The topological polar surface area (TPSA) is 46.6 Å². The van der Waals surface area contributed by atoms with E-state index >= 15 is 0 Å². The van der Waals surface area contributed by atoms with Gasteiger partial charge in [-0.15, -0.1) is 11.8 Å². The van der Waals surface area contributed by atoms with Crippen molar-refractivity contribution in [3.63, 3.8) is 0 Å². The van der Waals surface area contributed by atoms with E-state index < -0.39 is 0 Å². The van der Waals surface area contributed by atoms with Crippen LogP contribution >= 0.6 is 11.8 Å². The number of carbonyl (C=O) groups excluding carboxylic acids is 2. The highest BCUT2D eigenvalue weighted by Crippen LogP contribution is 2.61. The molecule has 0 N–H and O–H groups in total. The summed E-state index contributed by atoms with van der Waals surface area (Å²) in [5.41, 5.74) is 0.285. The number of carbonyl (C=O) groups is 2. The van der Waals surface area contributed by atoms with Gasteiger partial charge in [0.15, 0.2) is 0 Å². The molecule has 4 nitrogen and oxygen atoms in total. The van der Waals surface area contributed by atoms with E-state index in [4.69, 9.17) is 4.74 Å². The van der Waals surface area contributed by atoms with Crippen molar-refractivity contribution in [3.8, 4) is 0 Å². The van der Waals surface area contributed by atoms with E-state index in [0.29, 0.717) is 17.5 Å². The van der Waals surface area contributed by atoms with Gasteiger partial charge in [0.2, 0.25) is 0 Å². The number of ether oxygens (including phenoxy) is 1. The Hall–Kier alpha value is -0.550. The summed E-state index contributed by atoms with van der Waals surface area (Å²) >= 11 is 1.71. The molecule has 0 radical (unpaired) electrons. The smallest absolute Gasteiger partial charge is 0.316 e. The van der Waals surface area contributed by atoms with Crippen LogP contribution in [0.25, 0.3) is 0 Å². The molecule has 0 aromatic heterocycles. The maximum absolute atomic E-state index is 13.1. The van der Waals surface area contributed by atoms with Crippen LogP contribution in [0.5, 0.6) is 0 Å². The minimum absolute atomic E-state index is 0.0747. The zero-order chi connectivity index (χ0) is 24.8. The van der Waals surface area contributed by atoms with Crippen LogP contribution in [0.2, 0.25) is 0 Å². The number of hydrogen-bond acceptors (Lipinski definition) is 5. The van der Waals surface area contributed by atoms with Gasteiger partial charge in [-0.25, -0.2) is 0 Å². The molecule has 0 saturated heterocycles. The van der Waals surface area contributed by atoms with Crippen LogP contribution in [-0.2, 0) is 14.3 Å². The van der Waals surface area contributed by atoms with Crippen molar-refractivity contribution in [2.24, 2.45) is 28.6 Å². The molecule has 0 spiro atoms. The number of esters is 1. The Morgan fingerprint density at radius 1 is 1.09 bits per heavy atom. The lowest BCUT2D eigenvalue weighted by atomic mass is 9.53. The first-order valence-electron chi connectivity index (χ1n) is 14.2. The van der Waals surface area contributed by atoms with E-state index in [1.807, 2.05) is 0 Å². The molecule has 3 aliphatic carbocycles. The fourth-order valence-electron chi connectivity index (χ4n) is 7.12. The third-order valence-corrected chi connectivity index (χ3v) is 10.4. The van der Waals surface area contributed by atoms with Crippen LogP contribution in [0.4, 0.5) is 0 Å². The summed E-state index contributed by atoms with van der Waals surface area (Å²) in [6.07, 6.45) is 12.1. The Morgan fingerprint density at radius 2 is 1.79 bits per heavy atom. The zero-order valence-corrected chi connectivity index (χ0v) is 23.5. The average Bonchev–Trinajstić information content (AvgIpc) is 3.13. The Bertz CT molecular complexity index is 672. The first-order chi connectivity index (χ1) is 16.2. The molecule has 2 bridgehead atoms. The van der Waals surface area contributed by atoms with Gasteiger partial charge in [0.25, 0.3) is 0 Å². The third-order valence-electron chi connectivity index (χ3n) is 9.48. The largest absolute Gasteiger partial charge is 0.461 e. The summed E-state index contributed by atoms with van der Waals surface area (Å²) in [4.78, 5) is 28.6. The van der Waals surface area contributed by atoms with Gasteiger partial charge in [-0.05, 0) is 74.8 Å². The summed E-state index contributed by atoms with van der Waals surface area (Å²) < 4.78 is 6.26. The van der Waals surface area contributed by atoms with E-state index in [1.165, 1.54) is 38.5 Å². The van der Waals surface area contributed by atoms with Crippen LogP contribution < -0.4 is 0 Å². The molecule has 5 atom stereocenters. The van der Waals surface area contributed by atoms with E-state index in [9.17, 15) is 9.59 Å². The normalized spacial score (nSPS) is 32.8. The van der Waals surface area contributed by atoms with E-state index in [-0.39, 0.29) is 34.7 Å². The molecular weight excluding hydrogens is 442 g/mol. The van der Waals surface area contributed by atoms with Crippen LogP contribution in [0.3, 0.4) is 0 Å². The molecule has 3 unspecified atom stereocenters. The van der Waals surface area contributed by atoms with Gasteiger partial charge < -0.3 is 9.64 Å². The molecule has 34 heavy (non-hydrogen) atoms. The maximum atomic E-state index is 13.1. The quantitative estimate of drug-likeness (QED) is 0.222. The fourth-order valence-corrected chi connectivity index (χ4v) is 7.89. The Balaban J connectivity index is 1.58. The molecule has 196 valence electrons. The van der Waals surface area contributed by atoms with Crippen LogP contribution in [0, 0.1) is 28.6 Å². The van der Waals surface area contributed by atoms with Gasteiger partial charge in [0.05, 0.1) is 5.75 Å². The van der Waals surface area contributed by atoms with Gasteiger partial charge >= 0.3 is 5.97 Å². The van der Waals surface area contributed by atoms with Crippen LogP contribution in [0.1, 0.15) is 105 Å². The fraction of sp³-hybridized carbons (Fsp3) is 0.931. The molecule has 0 amide bonds. The van der Waals surface area contributed by atoms with E-state index in [1.54, 1.807) is 11.8 Å². The molecule has 3 saturated carbocycles. The molecule has 0 aromatic rings. The second-order valence-corrected chi connectivity index (χ2v) is 13.4. The van der Waals surface area contributed by atoms with Crippen LogP contribution in [0.15, 0.2) is 0 Å². The van der Waals surface area contributed by atoms with Crippen molar-refractivity contribution in [2.45, 2.75) is 111 Å².